The van der Waals surface area contributed by atoms with Gasteiger partial charge >= 0.3 is 16.4 Å². The molecule has 1 aliphatic heterocycles. The number of nitrogens with zero attached hydrogens (tertiary/aromatic N) is 4. The summed E-state index contributed by atoms with van der Waals surface area (Å²) >= 11 is 1.37. The van der Waals surface area contributed by atoms with Gasteiger partial charge in [0.05, 0.1) is 13.1 Å². The molecule has 5 rings (SSSR count). The molecule has 49 heavy (non-hydrogen) atoms. The van der Waals surface area contributed by atoms with Gasteiger partial charge in [0.1, 0.15) is 34.8 Å². The molecule has 3 N–H and O–H groups in total. The molecule has 3 aromatic heterocycles. The van der Waals surface area contributed by atoms with Gasteiger partial charge in [0.25, 0.3) is 0 Å². The van der Waals surface area contributed by atoms with Crippen LogP contribution < -0.4 is 14.7 Å². The first-order valence-corrected chi connectivity index (χ1v) is 18.3. The fourth-order valence-electron chi connectivity index (χ4n) is 6.01. The molecule has 3 aromatic rings. The van der Waals surface area contributed by atoms with E-state index in [9.17, 15) is 31.5 Å². The maximum absolute atomic E-state index is 13.6. The van der Waals surface area contributed by atoms with Crippen molar-refractivity contribution in [3.63, 3.8) is 0 Å². The second-order valence-electron chi connectivity index (χ2n) is 13.9. The van der Waals surface area contributed by atoms with Gasteiger partial charge in [0.2, 0.25) is 0 Å². The number of anilines is 1. The second-order valence-corrected chi connectivity index (χ2v) is 16.8. The number of hydrogen-bond acceptors (Lipinski definition) is 10. The van der Waals surface area contributed by atoms with E-state index in [1.165, 1.54) is 35.9 Å². The Labute approximate surface area is 288 Å². The van der Waals surface area contributed by atoms with Crippen molar-refractivity contribution in [3.8, 4) is 0 Å². The number of likely N-dealkylation sites (tertiary alicyclic amines) is 1. The maximum atomic E-state index is 13.6. The van der Waals surface area contributed by atoms with E-state index in [0.29, 0.717) is 17.5 Å². The molecule has 0 aromatic carbocycles. The van der Waals surface area contributed by atoms with E-state index in [4.69, 9.17) is 19.9 Å². The molecule has 1 unspecified atom stereocenters. The number of carbonyl (C=O) groups excluding carboxylic acids is 2. The Morgan fingerprint density at radius 3 is 2.43 bits per heavy atom. The second kappa shape index (κ2) is 15.3. The smallest absolute Gasteiger partial charge is 0.430 e. The summed E-state index contributed by atoms with van der Waals surface area (Å²) in [5, 5.41) is 19.2. The van der Waals surface area contributed by atoms with Crippen molar-refractivity contribution in [1.29, 1.82) is 0 Å². The monoisotopic (exact) mass is 728 g/mol. The van der Waals surface area contributed by atoms with Gasteiger partial charge in [-0.1, -0.05) is 38.2 Å². The molecular formula is C32H43F3N6O6S2. The zero-order chi connectivity index (χ0) is 36.3. The molecular weight excluding hydrogens is 686 g/mol. The molecule has 1 fully saturated rings. The summed E-state index contributed by atoms with van der Waals surface area (Å²) in [6, 6.07) is 5.61. The molecule has 1 aliphatic carbocycles. The first kappa shape index (κ1) is 38.6. The zero-order valence-electron chi connectivity index (χ0n) is 28.1. The van der Waals surface area contributed by atoms with Gasteiger partial charge in [0, 0.05) is 45.2 Å². The predicted molar refractivity (Wildman–Crippen MR) is 176 cm³/mol. The number of aliphatic hydroxyl groups excluding tert-OH is 1. The summed E-state index contributed by atoms with van der Waals surface area (Å²) in [6.45, 7) is 9.34. The quantitative estimate of drug-likeness (QED) is 0.265. The van der Waals surface area contributed by atoms with Crippen LogP contribution in [0.5, 0.6) is 0 Å². The van der Waals surface area contributed by atoms with Crippen molar-refractivity contribution in [3.05, 3.63) is 46.2 Å². The Hall–Kier alpha value is -3.25. The number of quaternary nitrogens is 1. The third-order valence-electron chi connectivity index (χ3n) is 9.05. The van der Waals surface area contributed by atoms with Gasteiger partial charge in [-0.2, -0.15) is 25.9 Å². The highest BCUT2D eigenvalue weighted by Crippen LogP contribution is 2.38. The summed E-state index contributed by atoms with van der Waals surface area (Å²) in [5.74, 6) is -2.33. The molecule has 0 bridgehead atoms. The summed E-state index contributed by atoms with van der Waals surface area (Å²) in [7, 11) is -0.769. The van der Waals surface area contributed by atoms with Crippen LogP contribution in [-0.4, -0.2) is 90.5 Å². The lowest BCUT2D eigenvalue weighted by atomic mass is 9.71. The molecule has 1 saturated heterocycles. The Balaban J connectivity index is 0.000000698. The lowest BCUT2D eigenvalue weighted by molar-refractivity contribution is -0.889. The Morgan fingerprint density at radius 1 is 1.18 bits per heavy atom. The highest BCUT2D eigenvalue weighted by Gasteiger charge is 2.31. The zero-order valence-corrected chi connectivity index (χ0v) is 29.8. The van der Waals surface area contributed by atoms with Gasteiger partial charge in [0.15, 0.2) is 10.8 Å². The Kier molecular flexibility index (Phi) is 12.1. The normalized spacial score (nSPS) is 20.4. The topological polar surface area (TPSA) is 170 Å². The number of pyridine rings is 2. The lowest BCUT2D eigenvalue weighted by Gasteiger charge is -2.34. The van der Waals surface area contributed by atoms with Gasteiger partial charge in [-0.25, -0.2) is 15.0 Å². The Morgan fingerprint density at radius 2 is 1.88 bits per heavy atom. The summed E-state index contributed by atoms with van der Waals surface area (Å²) in [5.41, 5.74) is 4.29. The van der Waals surface area contributed by atoms with E-state index >= 15 is 0 Å². The number of hydrogen-bond donors (Lipinski definition) is 3. The molecule has 4 atom stereocenters. The fraction of sp³-hybridized carbons (Fsp3) is 0.594. The van der Waals surface area contributed by atoms with E-state index in [1.807, 2.05) is 6.07 Å². The molecule has 0 saturated carbocycles. The van der Waals surface area contributed by atoms with Crippen LogP contribution >= 0.6 is 11.3 Å². The number of alkyl halides is 3. The third kappa shape index (κ3) is 10.4. The van der Waals surface area contributed by atoms with Crippen LogP contribution in [0.3, 0.4) is 0 Å². The minimum absolute atomic E-state index is 0.0256. The van der Waals surface area contributed by atoms with E-state index in [-0.39, 0.29) is 35.5 Å². The molecule has 12 nitrogen and oxygen atoms in total. The average Bonchev–Trinajstić information content (AvgIpc) is 3.62. The average molecular weight is 729 g/mol. The van der Waals surface area contributed by atoms with Crippen LogP contribution in [0.15, 0.2) is 24.4 Å². The van der Waals surface area contributed by atoms with E-state index in [1.54, 1.807) is 12.3 Å². The van der Waals surface area contributed by atoms with Crippen LogP contribution in [-0.2, 0) is 27.8 Å². The standard InChI is InChI=1S/C30H42N6O4S2.C2HF3O2/c1-30(2,3)22-7-8-24-21(14-22)15-25-28(32-24)41-29(33-25)26(38)16-19(10-12-36-13-11-23(37)18-36)20-6-9-27(31-17-20)34-42(39,40)35(4)5;3-2(4,5)1(6)7/h6,9,15,17,19,22-23,37H,7-8,10-14,16,18H2,1-5H3,(H,31,34);(H,6,7)/t19-,22-,23+;/m0./s1. The summed E-state index contributed by atoms with van der Waals surface area (Å²) in [6.07, 6.45) is 1.06. The molecule has 4 heterocycles. The van der Waals surface area contributed by atoms with Crippen molar-refractivity contribution < 1.29 is 46.3 Å². The first-order chi connectivity index (χ1) is 22.7. The Bertz CT molecular complexity index is 1740. The number of rotatable bonds is 10. The van der Waals surface area contributed by atoms with Crippen LogP contribution in [0.25, 0.3) is 10.3 Å². The van der Waals surface area contributed by atoms with Crippen LogP contribution in [0.1, 0.15) is 79.0 Å². The number of ketones is 1. The van der Waals surface area contributed by atoms with Crippen molar-refractivity contribution in [1.82, 2.24) is 19.3 Å². The van der Waals surface area contributed by atoms with Gasteiger partial charge in [-0.3, -0.25) is 9.52 Å². The number of carboxylic acids is 1. The predicted octanol–water partition coefficient (Wildman–Crippen LogP) is 2.15. The SMILES string of the molecule is CN(C)S(=O)(=O)Nc1ccc([C@@H](CC[NH+]2CC[C@@H](O)C2)CC(=O)c2nc3cc4c(nc3s2)CC[C@H](C(C)(C)C)C4)cn1.O=C([O-])C(F)(F)F. The first-order valence-electron chi connectivity index (χ1n) is 16.0. The molecule has 270 valence electrons. The number of halogens is 3. The van der Waals surface area contributed by atoms with E-state index in [2.05, 4.69) is 36.5 Å². The number of thiazole rings is 1. The number of nitrogens with one attached hydrogen (secondary N) is 2. The van der Waals surface area contributed by atoms with Crippen molar-refractivity contribution in [2.75, 3.05) is 38.5 Å². The summed E-state index contributed by atoms with van der Waals surface area (Å²) < 4.78 is 59.5. The minimum atomic E-state index is -5.19. The van der Waals surface area contributed by atoms with Crippen LogP contribution in [0, 0.1) is 11.3 Å². The van der Waals surface area contributed by atoms with Crippen molar-refractivity contribution in [2.24, 2.45) is 11.3 Å². The number of carboxylic acid groups (broad SMARTS) is 1. The third-order valence-corrected chi connectivity index (χ3v) is 11.5. The fourth-order valence-corrected chi connectivity index (χ4v) is 7.47. The van der Waals surface area contributed by atoms with Crippen LogP contribution in [0.4, 0.5) is 19.0 Å². The largest absolute Gasteiger partial charge is 0.542 e. The number of aliphatic carboxylic acids is 1. The highest BCUT2D eigenvalue weighted by molar-refractivity contribution is 7.90. The van der Waals surface area contributed by atoms with Gasteiger partial charge in [-0.15, -0.1) is 0 Å². The number of Topliss-reactive ketones (excluding diaryl/α,β-unsaturated/α-hetero) is 1. The van der Waals surface area contributed by atoms with Crippen molar-refractivity contribution in [2.45, 2.75) is 77.5 Å². The van der Waals surface area contributed by atoms with Gasteiger partial charge < -0.3 is 19.9 Å². The van der Waals surface area contributed by atoms with Crippen LogP contribution in [0.2, 0.25) is 0 Å². The van der Waals surface area contributed by atoms with Gasteiger partial charge in [-0.05, 0) is 59.8 Å². The molecule has 0 radical (unpaired) electrons. The number of aryl methyl sites for hydroxylation is 1. The number of carbonyl (C=O) groups is 2. The highest BCUT2D eigenvalue weighted by atomic mass is 32.2. The van der Waals surface area contributed by atoms with Crippen molar-refractivity contribution >= 4 is 49.5 Å². The van der Waals surface area contributed by atoms with E-state index in [0.717, 1.165) is 71.1 Å². The minimum Gasteiger partial charge on any atom is -0.542 e. The number of fused-ring (bicyclic) bond motifs is 2. The summed E-state index contributed by atoms with van der Waals surface area (Å²) in [4.78, 5) is 38.6. The number of aliphatic hydroxyl groups is 1. The number of aromatic nitrogens is 3. The molecule has 0 spiro atoms. The molecule has 0 amide bonds. The molecule has 2 aliphatic rings. The van der Waals surface area contributed by atoms with E-state index < -0.39 is 22.4 Å². The lowest BCUT2D eigenvalue weighted by Crippen LogP contribution is -3.10. The molecule has 17 heteroatoms. The maximum Gasteiger partial charge on any atom is 0.430 e.